The molecule has 2 nitrogen and oxygen atoms in total. The first kappa shape index (κ1) is 24.2. The molecule has 0 unspecified atom stereocenters. The summed E-state index contributed by atoms with van der Waals surface area (Å²) in [6, 6.07) is 44.4. The third-order valence-electron chi connectivity index (χ3n) is 7.20. The number of anilines is 2. The van der Waals surface area contributed by atoms with E-state index in [1.54, 1.807) is 0 Å². The van der Waals surface area contributed by atoms with Gasteiger partial charge in [-0.3, -0.25) is 0 Å². The average Bonchev–Trinajstić information content (AvgIpc) is 3.02. The van der Waals surface area contributed by atoms with Crippen molar-refractivity contribution in [3.05, 3.63) is 151 Å². The van der Waals surface area contributed by atoms with E-state index in [2.05, 4.69) is 127 Å². The second-order valence-corrected chi connectivity index (χ2v) is 9.76. The van der Waals surface area contributed by atoms with Crippen LogP contribution in [-0.4, -0.2) is 0 Å². The quantitative estimate of drug-likeness (QED) is 0.252. The van der Waals surface area contributed by atoms with Crippen molar-refractivity contribution in [2.24, 2.45) is 0 Å². The van der Waals surface area contributed by atoms with Crippen LogP contribution in [0.5, 0.6) is 0 Å². The molecule has 0 aromatic heterocycles. The van der Waals surface area contributed by atoms with E-state index in [0.717, 1.165) is 52.0 Å². The Morgan fingerprint density at radius 2 is 1.26 bits per heavy atom. The van der Waals surface area contributed by atoms with Gasteiger partial charge in [-0.05, 0) is 94.3 Å². The van der Waals surface area contributed by atoms with Crippen molar-refractivity contribution in [3.63, 3.8) is 0 Å². The second kappa shape index (κ2) is 11.1. The maximum Gasteiger partial charge on any atom is 0.0991 e. The van der Waals surface area contributed by atoms with Gasteiger partial charge in [0.15, 0.2) is 0 Å². The maximum absolute atomic E-state index is 9.13. The van der Waals surface area contributed by atoms with Crippen LogP contribution >= 0.6 is 0 Å². The number of benzene rings is 5. The van der Waals surface area contributed by atoms with Gasteiger partial charge in [0.1, 0.15) is 0 Å². The Morgan fingerprint density at radius 1 is 0.590 bits per heavy atom. The minimum absolute atomic E-state index is 0.670. The van der Waals surface area contributed by atoms with E-state index in [1.165, 1.54) is 16.7 Å². The van der Waals surface area contributed by atoms with Crippen LogP contribution < -0.4 is 5.32 Å². The minimum Gasteiger partial charge on any atom is -0.355 e. The van der Waals surface area contributed by atoms with Gasteiger partial charge in [0.25, 0.3) is 0 Å². The topological polar surface area (TPSA) is 35.8 Å². The standard InChI is InChI=1S/C37H28N2/c38-26-27-14-16-30(17-15-27)32-12-7-13-33(24-32)34-20-23-37(36(25-34)31-10-5-2-6-11-31)39-35-21-18-29(19-22-35)28-8-3-1-4-9-28/h1-3,5-8,10-25,39H,4,9H2. The first-order chi connectivity index (χ1) is 19.3. The molecule has 2 heteroatoms. The van der Waals surface area contributed by atoms with E-state index in [0.29, 0.717) is 5.56 Å². The molecule has 0 radical (unpaired) electrons. The number of nitrogens with one attached hydrogen (secondary N) is 1. The van der Waals surface area contributed by atoms with Crippen LogP contribution in [0.3, 0.4) is 0 Å². The smallest absolute Gasteiger partial charge is 0.0991 e. The molecule has 1 N–H and O–H groups in total. The lowest BCUT2D eigenvalue weighted by atomic mass is 9.94. The number of hydrogen-bond donors (Lipinski definition) is 1. The van der Waals surface area contributed by atoms with Gasteiger partial charge in [-0.2, -0.15) is 5.26 Å². The first-order valence-corrected chi connectivity index (χ1v) is 13.3. The van der Waals surface area contributed by atoms with Crippen LogP contribution in [-0.2, 0) is 0 Å². The molecule has 0 bridgehead atoms. The highest BCUT2D eigenvalue weighted by molar-refractivity contribution is 5.86. The summed E-state index contributed by atoms with van der Waals surface area (Å²) < 4.78 is 0. The molecular weight excluding hydrogens is 472 g/mol. The Balaban J connectivity index is 1.33. The number of nitriles is 1. The summed E-state index contributed by atoms with van der Waals surface area (Å²) in [4.78, 5) is 0. The molecule has 5 aromatic rings. The molecule has 39 heavy (non-hydrogen) atoms. The highest BCUT2D eigenvalue weighted by Crippen LogP contribution is 2.36. The number of rotatable bonds is 6. The van der Waals surface area contributed by atoms with E-state index < -0.39 is 0 Å². The summed E-state index contributed by atoms with van der Waals surface area (Å²) in [5.74, 6) is 0. The molecular formula is C37H28N2. The summed E-state index contributed by atoms with van der Waals surface area (Å²) in [6.45, 7) is 0. The highest BCUT2D eigenvalue weighted by Gasteiger charge is 2.10. The number of hydrogen-bond acceptors (Lipinski definition) is 2. The van der Waals surface area contributed by atoms with Gasteiger partial charge in [0.05, 0.1) is 11.6 Å². The van der Waals surface area contributed by atoms with Gasteiger partial charge in [0.2, 0.25) is 0 Å². The van der Waals surface area contributed by atoms with Crippen LogP contribution in [0.15, 0.2) is 140 Å². The van der Waals surface area contributed by atoms with Crippen molar-refractivity contribution in [2.75, 3.05) is 5.32 Å². The fraction of sp³-hybridized carbons (Fsp3) is 0.0541. The lowest BCUT2D eigenvalue weighted by molar-refractivity contribution is 1.05. The van der Waals surface area contributed by atoms with Crippen molar-refractivity contribution < 1.29 is 0 Å². The molecule has 1 aliphatic carbocycles. The van der Waals surface area contributed by atoms with Crippen molar-refractivity contribution in [2.45, 2.75) is 12.8 Å². The fourth-order valence-electron chi connectivity index (χ4n) is 5.07. The van der Waals surface area contributed by atoms with Crippen molar-refractivity contribution in [1.82, 2.24) is 0 Å². The molecule has 0 atom stereocenters. The van der Waals surface area contributed by atoms with Crippen molar-refractivity contribution in [3.8, 4) is 39.4 Å². The van der Waals surface area contributed by atoms with Crippen molar-refractivity contribution >= 4 is 16.9 Å². The molecule has 0 saturated carbocycles. The molecule has 0 heterocycles. The first-order valence-electron chi connectivity index (χ1n) is 13.3. The zero-order valence-corrected chi connectivity index (χ0v) is 21.6. The van der Waals surface area contributed by atoms with Gasteiger partial charge in [-0.15, -0.1) is 0 Å². The van der Waals surface area contributed by atoms with Crippen LogP contribution in [0.2, 0.25) is 0 Å². The van der Waals surface area contributed by atoms with Crippen LogP contribution in [0.25, 0.3) is 39.0 Å². The van der Waals surface area contributed by atoms with E-state index in [-0.39, 0.29) is 0 Å². The molecule has 5 aromatic carbocycles. The summed E-state index contributed by atoms with van der Waals surface area (Å²) in [5.41, 5.74) is 12.3. The monoisotopic (exact) mass is 500 g/mol. The summed E-state index contributed by atoms with van der Waals surface area (Å²) in [5, 5.41) is 12.8. The zero-order valence-electron chi connectivity index (χ0n) is 21.6. The highest BCUT2D eigenvalue weighted by atomic mass is 14.9. The van der Waals surface area contributed by atoms with E-state index in [1.807, 2.05) is 24.3 Å². The molecule has 0 amide bonds. The lowest BCUT2D eigenvalue weighted by Crippen LogP contribution is -1.95. The third-order valence-corrected chi connectivity index (χ3v) is 7.20. The molecule has 0 spiro atoms. The Morgan fingerprint density at radius 3 is 1.97 bits per heavy atom. The largest absolute Gasteiger partial charge is 0.355 e. The van der Waals surface area contributed by atoms with Gasteiger partial charge >= 0.3 is 0 Å². The van der Waals surface area contributed by atoms with Gasteiger partial charge in [-0.25, -0.2) is 0 Å². The predicted molar refractivity (Wildman–Crippen MR) is 164 cm³/mol. The maximum atomic E-state index is 9.13. The summed E-state index contributed by atoms with van der Waals surface area (Å²) >= 11 is 0. The molecule has 0 saturated heterocycles. The lowest BCUT2D eigenvalue weighted by Gasteiger charge is -2.16. The third kappa shape index (κ3) is 5.44. The van der Waals surface area contributed by atoms with Crippen LogP contribution in [0, 0.1) is 11.3 Å². The normalized spacial score (nSPS) is 12.4. The van der Waals surface area contributed by atoms with Crippen LogP contribution in [0.1, 0.15) is 24.0 Å². The van der Waals surface area contributed by atoms with Gasteiger partial charge < -0.3 is 5.32 Å². The zero-order chi connectivity index (χ0) is 26.4. The van der Waals surface area contributed by atoms with Crippen molar-refractivity contribution in [1.29, 1.82) is 5.26 Å². The Labute approximate surface area is 230 Å². The Bertz CT molecular complexity index is 1700. The average molecular weight is 501 g/mol. The van der Waals surface area contributed by atoms with Crippen LogP contribution in [0.4, 0.5) is 11.4 Å². The second-order valence-electron chi connectivity index (χ2n) is 9.76. The SMILES string of the molecule is N#Cc1ccc(-c2cccc(-c3ccc(Nc4ccc(C5=CC=CCC5)cc4)c(-c4ccccc4)c3)c2)cc1. The summed E-state index contributed by atoms with van der Waals surface area (Å²) in [7, 11) is 0. The number of allylic oxidation sites excluding steroid dienone is 4. The molecule has 186 valence electrons. The Hall–Kier alpha value is -5.13. The van der Waals surface area contributed by atoms with E-state index in [9.17, 15) is 0 Å². The van der Waals surface area contributed by atoms with E-state index in [4.69, 9.17) is 5.26 Å². The molecule has 0 aliphatic heterocycles. The molecule has 6 rings (SSSR count). The molecule has 0 fully saturated rings. The number of nitrogens with zero attached hydrogens (tertiary/aromatic N) is 1. The fourth-order valence-corrected chi connectivity index (χ4v) is 5.07. The predicted octanol–water partition coefficient (Wildman–Crippen LogP) is 10.0. The van der Waals surface area contributed by atoms with Gasteiger partial charge in [0, 0.05) is 16.9 Å². The minimum atomic E-state index is 0.670. The van der Waals surface area contributed by atoms with Gasteiger partial charge in [-0.1, -0.05) is 97.1 Å². The summed E-state index contributed by atoms with van der Waals surface area (Å²) in [6.07, 6.45) is 8.79. The van der Waals surface area contributed by atoms with E-state index >= 15 is 0 Å². The Kier molecular flexibility index (Phi) is 6.89. The molecule has 1 aliphatic rings.